The van der Waals surface area contributed by atoms with Gasteiger partial charge in [0, 0.05) is 23.2 Å². The molecule has 10 nitrogen and oxygen atoms in total. The first-order valence-electron chi connectivity index (χ1n) is 10.3. The van der Waals surface area contributed by atoms with Crippen LogP contribution in [0.4, 0.5) is 22.1 Å². The number of aromatic nitrogens is 3. The van der Waals surface area contributed by atoms with E-state index >= 15 is 0 Å². The highest BCUT2D eigenvalue weighted by Crippen LogP contribution is 2.26. The minimum atomic E-state index is -1.05. The first-order valence-corrected chi connectivity index (χ1v) is 10.3. The van der Waals surface area contributed by atoms with Crippen LogP contribution in [0.1, 0.15) is 62.6 Å². The molecule has 1 aliphatic rings. The molecule has 2 aromatic rings. The average molecular weight is 428 g/mol. The van der Waals surface area contributed by atoms with Gasteiger partial charge in [-0.2, -0.15) is 0 Å². The molecular formula is C21H29N7O3. The van der Waals surface area contributed by atoms with Crippen molar-refractivity contribution in [3.63, 3.8) is 0 Å². The molecule has 1 saturated carbocycles. The molecular weight excluding hydrogens is 398 g/mol. The Labute approximate surface area is 181 Å². The quantitative estimate of drug-likeness (QED) is 0.471. The minimum Gasteiger partial charge on any atom is -0.465 e. The van der Waals surface area contributed by atoms with Crippen molar-refractivity contribution in [1.82, 2.24) is 20.5 Å². The summed E-state index contributed by atoms with van der Waals surface area (Å²) in [5.74, 6) is 0.261. The summed E-state index contributed by atoms with van der Waals surface area (Å²) in [6.07, 6.45) is 2.42. The molecule has 3 rings (SSSR count). The summed E-state index contributed by atoms with van der Waals surface area (Å²) >= 11 is 0. The van der Waals surface area contributed by atoms with Crippen molar-refractivity contribution in [2.75, 3.05) is 10.6 Å². The van der Waals surface area contributed by atoms with Gasteiger partial charge in [-0.15, -0.1) is 10.2 Å². The van der Waals surface area contributed by atoms with Crippen molar-refractivity contribution in [2.24, 2.45) is 5.73 Å². The zero-order valence-electron chi connectivity index (χ0n) is 18.0. The number of carboxylic acid groups (broad SMARTS) is 1. The van der Waals surface area contributed by atoms with E-state index in [1.165, 1.54) is 0 Å². The molecule has 31 heavy (non-hydrogen) atoms. The number of nitrogens with two attached hydrogens (primary N) is 1. The lowest BCUT2D eigenvalue weighted by molar-refractivity contribution is 0.0995. The van der Waals surface area contributed by atoms with Crippen LogP contribution in [0.5, 0.6) is 0 Å². The highest BCUT2D eigenvalue weighted by Gasteiger charge is 2.27. The third kappa shape index (κ3) is 5.80. The van der Waals surface area contributed by atoms with Crippen molar-refractivity contribution in [3.8, 4) is 0 Å². The fourth-order valence-corrected chi connectivity index (χ4v) is 3.62. The van der Waals surface area contributed by atoms with Crippen molar-refractivity contribution >= 4 is 29.3 Å². The first-order chi connectivity index (χ1) is 14.6. The van der Waals surface area contributed by atoms with Gasteiger partial charge in [0.05, 0.1) is 11.7 Å². The molecule has 2 amide bonds. The van der Waals surface area contributed by atoms with Crippen molar-refractivity contribution in [1.29, 1.82) is 0 Å². The number of nitrogens with zero attached hydrogens (tertiary/aromatic N) is 3. The monoisotopic (exact) mass is 427 g/mol. The number of amides is 2. The number of pyridine rings is 1. The van der Waals surface area contributed by atoms with Crippen LogP contribution in [-0.2, 0) is 5.41 Å². The Morgan fingerprint density at radius 1 is 1.10 bits per heavy atom. The molecule has 2 unspecified atom stereocenters. The maximum Gasteiger partial charge on any atom is 0.404 e. The van der Waals surface area contributed by atoms with Gasteiger partial charge in [0.2, 0.25) is 0 Å². The number of nitrogens with one attached hydrogen (secondary N) is 3. The lowest BCUT2D eigenvalue weighted by Gasteiger charge is -2.32. The van der Waals surface area contributed by atoms with Crippen LogP contribution in [0.15, 0.2) is 24.3 Å². The van der Waals surface area contributed by atoms with E-state index in [-0.39, 0.29) is 23.2 Å². The van der Waals surface area contributed by atoms with Gasteiger partial charge in [-0.1, -0.05) is 39.7 Å². The highest BCUT2D eigenvalue weighted by molar-refractivity contribution is 5.97. The Bertz CT molecular complexity index is 958. The Morgan fingerprint density at radius 2 is 1.81 bits per heavy atom. The summed E-state index contributed by atoms with van der Waals surface area (Å²) in [7, 11) is 0. The lowest BCUT2D eigenvalue weighted by atomic mass is 9.90. The molecule has 0 radical (unpaired) electrons. The average Bonchev–Trinajstić information content (AvgIpc) is 2.69. The largest absolute Gasteiger partial charge is 0.465 e. The van der Waals surface area contributed by atoms with Gasteiger partial charge in [0.15, 0.2) is 11.5 Å². The summed E-state index contributed by atoms with van der Waals surface area (Å²) in [4.78, 5) is 27.6. The molecule has 0 saturated heterocycles. The van der Waals surface area contributed by atoms with E-state index in [2.05, 4.69) is 51.9 Å². The molecule has 0 spiro atoms. The summed E-state index contributed by atoms with van der Waals surface area (Å²) in [6, 6.07) is 6.90. The molecule has 0 bridgehead atoms. The zero-order valence-corrected chi connectivity index (χ0v) is 18.0. The van der Waals surface area contributed by atoms with Crippen LogP contribution in [0, 0.1) is 0 Å². The number of anilines is 3. The molecule has 10 heteroatoms. The molecule has 6 N–H and O–H groups in total. The summed E-state index contributed by atoms with van der Waals surface area (Å²) < 4.78 is 0. The van der Waals surface area contributed by atoms with Crippen LogP contribution < -0.4 is 21.7 Å². The SMILES string of the molecule is CC(C)(C)c1cccc(Nc2cc(NC3CCCCC3NC(=O)O)nnc2C(N)=O)n1. The van der Waals surface area contributed by atoms with E-state index < -0.39 is 12.0 Å². The van der Waals surface area contributed by atoms with E-state index in [0.29, 0.717) is 17.3 Å². The van der Waals surface area contributed by atoms with E-state index in [0.717, 1.165) is 31.4 Å². The van der Waals surface area contributed by atoms with Crippen molar-refractivity contribution < 1.29 is 14.7 Å². The molecule has 1 aliphatic carbocycles. The van der Waals surface area contributed by atoms with Crippen molar-refractivity contribution in [2.45, 2.75) is 64.0 Å². The van der Waals surface area contributed by atoms with Crippen LogP contribution in [-0.4, -0.2) is 44.4 Å². The van der Waals surface area contributed by atoms with Crippen molar-refractivity contribution in [3.05, 3.63) is 35.7 Å². The summed E-state index contributed by atoms with van der Waals surface area (Å²) in [5.41, 5.74) is 6.61. The van der Waals surface area contributed by atoms with Crippen LogP contribution >= 0.6 is 0 Å². The second-order valence-corrected chi connectivity index (χ2v) is 8.73. The number of hydrogen-bond donors (Lipinski definition) is 5. The van der Waals surface area contributed by atoms with E-state index in [4.69, 9.17) is 10.8 Å². The van der Waals surface area contributed by atoms with E-state index in [1.54, 1.807) is 12.1 Å². The van der Waals surface area contributed by atoms with E-state index in [1.807, 2.05) is 12.1 Å². The molecule has 1 fully saturated rings. The second-order valence-electron chi connectivity index (χ2n) is 8.73. The van der Waals surface area contributed by atoms with Gasteiger partial charge in [-0.05, 0) is 25.0 Å². The van der Waals surface area contributed by atoms with Gasteiger partial charge in [0.25, 0.3) is 5.91 Å². The van der Waals surface area contributed by atoms with Crippen LogP contribution in [0.25, 0.3) is 0 Å². The van der Waals surface area contributed by atoms with E-state index in [9.17, 15) is 9.59 Å². The fourth-order valence-electron chi connectivity index (χ4n) is 3.62. The standard InChI is InChI=1S/C21H29N7O3/c1-21(2,3)15-9-6-10-16(26-15)24-14-11-17(27-28-18(14)19(22)29)23-12-7-4-5-8-13(12)25-20(30)31/h6,9-13,25H,4-5,7-8H2,1-3H3,(H2,22,29)(H,30,31)(H2,23,24,26,27). The molecule has 2 heterocycles. The first kappa shape index (κ1) is 22.3. The minimum absolute atomic E-state index is 0.00244. The van der Waals surface area contributed by atoms with Gasteiger partial charge < -0.3 is 26.8 Å². The Hall–Kier alpha value is -3.43. The highest BCUT2D eigenvalue weighted by atomic mass is 16.4. The third-order valence-corrected chi connectivity index (χ3v) is 5.22. The third-order valence-electron chi connectivity index (χ3n) is 5.22. The molecule has 0 aromatic carbocycles. The molecule has 0 aliphatic heterocycles. The van der Waals surface area contributed by atoms with Crippen LogP contribution in [0.3, 0.4) is 0 Å². The normalized spacial score (nSPS) is 18.8. The summed E-state index contributed by atoms with van der Waals surface area (Å²) in [6.45, 7) is 6.20. The van der Waals surface area contributed by atoms with Gasteiger partial charge in [0.1, 0.15) is 5.82 Å². The number of hydrogen-bond acceptors (Lipinski definition) is 7. The summed E-state index contributed by atoms with van der Waals surface area (Å²) in [5, 5.41) is 26.1. The van der Waals surface area contributed by atoms with Gasteiger partial charge in [-0.25, -0.2) is 9.78 Å². The lowest BCUT2D eigenvalue weighted by Crippen LogP contribution is -2.48. The Morgan fingerprint density at radius 3 is 2.45 bits per heavy atom. The number of primary amides is 1. The van der Waals surface area contributed by atoms with Gasteiger partial charge in [-0.3, -0.25) is 4.79 Å². The maximum atomic E-state index is 11.9. The predicted octanol–water partition coefficient (Wildman–Crippen LogP) is 3.00. The predicted molar refractivity (Wildman–Crippen MR) is 118 cm³/mol. The second kappa shape index (κ2) is 9.15. The Kier molecular flexibility index (Phi) is 6.57. The topological polar surface area (TPSA) is 155 Å². The van der Waals surface area contributed by atoms with Gasteiger partial charge >= 0.3 is 6.09 Å². The Balaban J connectivity index is 1.86. The molecule has 2 aromatic heterocycles. The van der Waals surface area contributed by atoms with Crippen LogP contribution in [0.2, 0.25) is 0 Å². The zero-order chi connectivity index (χ0) is 22.6. The molecule has 2 atom stereocenters. The smallest absolute Gasteiger partial charge is 0.404 e. The number of rotatable bonds is 6. The number of carbonyl (C=O) groups excluding carboxylic acids is 1. The molecule has 166 valence electrons. The number of carbonyl (C=O) groups is 2. The maximum absolute atomic E-state index is 11.9. The fraction of sp³-hybridized carbons (Fsp3) is 0.476.